The van der Waals surface area contributed by atoms with E-state index < -0.39 is 0 Å². The van der Waals surface area contributed by atoms with Gasteiger partial charge in [0.2, 0.25) is 0 Å². The second kappa shape index (κ2) is 12.5. The molecule has 4 aromatic carbocycles. The molecule has 0 fully saturated rings. The number of para-hydroxylation sites is 2. The minimum Gasteiger partial charge on any atom is -0.321 e. The molecule has 7 rings (SSSR count). The standard InChI is InChI=1S/C35H25N9O2/c45-34(22-12-3-1-4-13-22)37-26-18-9-7-16-24(26)30-39-32(43-41-30)28-20-11-21-29(36-28)33-40-31(42-44-33)25-17-8-10-19-27(25)38-35(46)23-14-5-2-6-15-23/h1-21H,(H,37,45)(H,38,46)(H,39,41,43)(H,40,42,44). The largest absolute Gasteiger partial charge is 0.321 e. The third-order valence-electron chi connectivity index (χ3n) is 7.14. The second-order valence-electron chi connectivity index (χ2n) is 10.2. The lowest BCUT2D eigenvalue weighted by Gasteiger charge is -2.09. The normalized spacial score (nSPS) is 10.8. The first-order chi connectivity index (χ1) is 22.6. The quantitative estimate of drug-likeness (QED) is 0.155. The molecule has 0 aliphatic carbocycles. The number of rotatable bonds is 8. The predicted octanol–water partition coefficient (Wildman–Crippen LogP) is 6.49. The maximum atomic E-state index is 12.8. The van der Waals surface area contributed by atoms with E-state index in [0.717, 1.165) is 0 Å². The number of nitrogens with zero attached hydrogens (tertiary/aromatic N) is 5. The van der Waals surface area contributed by atoms with Gasteiger partial charge in [0.1, 0.15) is 11.4 Å². The fourth-order valence-electron chi connectivity index (χ4n) is 4.86. The molecule has 4 N–H and O–H groups in total. The van der Waals surface area contributed by atoms with Crippen LogP contribution < -0.4 is 10.6 Å². The first-order valence-electron chi connectivity index (χ1n) is 14.4. The number of aromatic nitrogens is 7. The summed E-state index contributed by atoms with van der Waals surface area (Å²) in [5.41, 5.74) is 4.72. The number of carbonyl (C=O) groups excluding carboxylic acids is 2. The van der Waals surface area contributed by atoms with Gasteiger partial charge in [0.05, 0.1) is 11.4 Å². The molecule has 0 bridgehead atoms. The van der Waals surface area contributed by atoms with Crippen LogP contribution in [-0.4, -0.2) is 47.2 Å². The molecule has 0 saturated carbocycles. The van der Waals surface area contributed by atoms with Crippen LogP contribution in [0.4, 0.5) is 11.4 Å². The molecule has 0 aliphatic heterocycles. The van der Waals surface area contributed by atoms with Gasteiger partial charge in [-0.05, 0) is 60.7 Å². The van der Waals surface area contributed by atoms with Crippen molar-refractivity contribution in [1.29, 1.82) is 0 Å². The van der Waals surface area contributed by atoms with E-state index in [0.29, 0.717) is 68.3 Å². The molecule has 2 amide bonds. The van der Waals surface area contributed by atoms with Crippen LogP contribution in [0.5, 0.6) is 0 Å². The highest BCUT2D eigenvalue weighted by Gasteiger charge is 2.17. The van der Waals surface area contributed by atoms with Crippen molar-refractivity contribution in [1.82, 2.24) is 35.3 Å². The number of hydrogen-bond acceptors (Lipinski definition) is 7. The number of amides is 2. The van der Waals surface area contributed by atoms with E-state index >= 15 is 0 Å². The average Bonchev–Trinajstić information content (AvgIpc) is 3.81. The van der Waals surface area contributed by atoms with Crippen molar-refractivity contribution < 1.29 is 9.59 Å². The van der Waals surface area contributed by atoms with Gasteiger partial charge in [-0.25, -0.2) is 4.98 Å². The summed E-state index contributed by atoms with van der Waals surface area (Å²) in [6.07, 6.45) is 0. The molecule has 11 heteroatoms. The molecule has 222 valence electrons. The number of benzene rings is 4. The molecule has 46 heavy (non-hydrogen) atoms. The highest BCUT2D eigenvalue weighted by atomic mass is 16.2. The lowest BCUT2D eigenvalue weighted by molar-refractivity contribution is 0.101. The Balaban J connectivity index is 1.12. The Hall–Kier alpha value is -6.75. The molecular formula is C35H25N9O2. The van der Waals surface area contributed by atoms with Gasteiger partial charge in [-0.3, -0.25) is 9.59 Å². The van der Waals surface area contributed by atoms with E-state index in [2.05, 4.69) is 41.0 Å². The van der Waals surface area contributed by atoms with E-state index in [9.17, 15) is 9.59 Å². The number of nitrogens with one attached hydrogen (secondary N) is 4. The Morgan fingerprint density at radius 1 is 0.435 bits per heavy atom. The minimum atomic E-state index is -0.227. The van der Waals surface area contributed by atoms with Crippen LogP contribution >= 0.6 is 0 Å². The number of aromatic amines is 2. The van der Waals surface area contributed by atoms with Crippen molar-refractivity contribution in [2.75, 3.05) is 10.6 Å². The summed E-state index contributed by atoms with van der Waals surface area (Å²) >= 11 is 0. The highest BCUT2D eigenvalue weighted by Crippen LogP contribution is 2.29. The molecule has 11 nitrogen and oxygen atoms in total. The van der Waals surface area contributed by atoms with Crippen molar-refractivity contribution >= 4 is 23.2 Å². The fraction of sp³-hybridized carbons (Fsp3) is 0. The van der Waals surface area contributed by atoms with Crippen LogP contribution in [0.25, 0.3) is 45.8 Å². The third-order valence-corrected chi connectivity index (χ3v) is 7.14. The lowest BCUT2D eigenvalue weighted by Crippen LogP contribution is -2.12. The van der Waals surface area contributed by atoms with Gasteiger partial charge in [0.25, 0.3) is 11.8 Å². The molecule has 0 atom stereocenters. The van der Waals surface area contributed by atoms with E-state index in [1.54, 1.807) is 24.3 Å². The van der Waals surface area contributed by atoms with Gasteiger partial charge in [-0.1, -0.05) is 66.7 Å². The molecule has 7 aromatic rings. The Bertz CT molecular complexity index is 2010. The monoisotopic (exact) mass is 603 g/mol. The van der Waals surface area contributed by atoms with E-state index in [-0.39, 0.29) is 11.8 Å². The first-order valence-corrected chi connectivity index (χ1v) is 14.4. The van der Waals surface area contributed by atoms with Crippen LogP contribution in [0.15, 0.2) is 127 Å². The van der Waals surface area contributed by atoms with E-state index in [4.69, 9.17) is 4.98 Å². The van der Waals surface area contributed by atoms with Crippen molar-refractivity contribution in [2.45, 2.75) is 0 Å². The van der Waals surface area contributed by atoms with Crippen molar-refractivity contribution in [3.8, 4) is 45.8 Å². The summed E-state index contributed by atoms with van der Waals surface area (Å²) in [6, 6.07) is 38.2. The Morgan fingerprint density at radius 3 is 1.28 bits per heavy atom. The molecule has 0 unspecified atom stereocenters. The summed E-state index contributed by atoms with van der Waals surface area (Å²) in [5, 5.41) is 23.2. The van der Waals surface area contributed by atoms with Gasteiger partial charge in [0, 0.05) is 22.3 Å². The van der Waals surface area contributed by atoms with Crippen LogP contribution in [0.3, 0.4) is 0 Å². The fourth-order valence-corrected chi connectivity index (χ4v) is 4.86. The number of hydrogen-bond donors (Lipinski definition) is 4. The van der Waals surface area contributed by atoms with Gasteiger partial charge in [0.15, 0.2) is 23.3 Å². The number of carbonyl (C=O) groups is 2. The summed E-state index contributed by atoms with van der Waals surface area (Å²) in [4.78, 5) is 36.8. The van der Waals surface area contributed by atoms with Gasteiger partial charge in [-0.15, -0.1) is 20.4 Å². The maximum absolute atomic E-state index is 12.8. The van der Waals surface area contributed by atoms with Crippen molar-refractivity contribution in [3.63, 3.8) is 0 Å². The minimum absolute atomic E-state index is 0.227. The van der Waals surface area contributed by atoms with Gasteiger partial charge >= 0.3 is 0 Å². The van der Waals surface area contributed by atoms with Crippen LogP contribution in [0.2, 0.25) is 0 Å². The molecular weight excluding hydrogens is 578 g/mol. The lowest BCUT2D eigenvalue weighted by atomic mass is 10.1. The zero-order chi connectivity index (χ0) is 31.3. The molecule has 3 aromatic heterocycles. The van der Waals surface area contributed by atoms with Crippen LogP contribution in [-0.2, 0) is 0 Å². The van der Waals surface area contributed by atoms with Crippen LogP contribution in [0, 0.1) is 0 Å². The van der Waals surface area contributed by atoms with Gasteiger partial charge in [-0.2, -0.15) is 0 Å². The average molecular weight is 604 g/mol. The zero-order valence-electron chi connectivity index (χ0n) is 24.2. The summed E-state index contributed by atoms with van der Waals surface area (Å²) in [7, 11) is 0. The van der Waals surface area contributed by atoms with Crippen molar-refractivity contribution in [2.24, 2.45) is 0 Å². The third kappa shape index (κ3) is 5.88. The number of H-pyrrole nitrogens is 2. The number of anilines is 2. The number of pyridine rings is 1. The van der Waals surface area contributed by atoms with Gasteiger partial charge < -0.3 is 20.6 Å². The van der Waals surface area contributed by atoms with Crippen molar-refractivity contribution in [3.05, 3.63) is 139 Å². The Labute approximate surface area is 262 Å². The zero-order valence-corrected chi connectivity index (χ0v) is 24.2. The highest BCUT2D eigenvalue weighted by molar-refractivity contribution is 6.06. The SMILES string of the molecule is O=C(Nc1ccccc1-c1nnc(-c2cccc(-c3nnc(-c4ccccc4NC(=O)c4ccccc4)[nH]3)n2)[nH]1)c1ccccc1. The van der Waals surface area contributed by atoms with Crippen LogP contribution in [0.1, 0.15) is 20.7 Å². The molecule has 0 radical (unpaired) electrons. The summed E-state index contributed by atoms with van der Waals surface area (Å²) in [5.74, 6) is 1.37. The smallest absolute Gasteiger partial charge is 0.255 e. The van der Waals surface area contributed by atoms with E-state index in [1.807, 2.05) is 103 Å². The second-order valence-corrected chi connectivity index (χ2v) is 10.2. The topological polar surface area (TPSA) is 154 Å². The molecule has 0 saturated heterocycles. The maximum Gasteiger partial charge on any atom is 0.255 e. The summed E-state index contributed by atoms with van der Waals surface area (Å²) in [6.45, 7) is 0. The molecule has 0 spiro atoms. The Morgan fingerprint density at radius 2 is 0.826 bits per heavy atom. The summed E-state index contributed by atoms with van der Waals surface area (Å²) < 4.78 is 0. The first kappa shape index (κ1) is 28.0. The Kier molecular flexibility index (Phi) is 7.60. The molecule has 3 heterocycles. The molecule has 0 aliphatic rings. The van der Waals surface area contributed by atoms with E-state index in [1.165, 1.54) is 0 Å². The predicted molar refractivity (Wildman–Crippen MR) is 175 cm³/mol.